The molecule has 2 aliphatic heterocycles. The third kappa shape index (κ3) is 7.01. The number of allylic oxidation sites excluding steroid dienone is 3. The summed E-state index contributed by atoms with van der Waals surface area (Å²) >= 11 is 6.31. The Hall–Kier alpha value is -2.97. The van der Waals surface area contributed by atoms with Gasteiger partial charge in [-0.3, -0.25) is 15.1 Å². The first-order chi connectivity index (χ1) is 16.4. The van der Waals surface area contributed by atoms with Crippen molar-refractivity contribution < 1.29 is 29.4 Å². The highest BCUT2D eigenvalue weighted by Crippen LogP contribution is 2.38. The molecular weight excluding hydrogens is 460 g/mol. The molecule has 3 N–H and O–H groups in total. The van der Waals surface area contributed by atoms with Gasteiger partial charge in [-0.15, -0.1) is 0 Å². The number of cyclic esters (lactones) is 1. The molecule has 0 spiro atoms. The van der Waals surface area contributed by atoms with Crippen LogP contribution in [0.1, 0.15) is 61.4 Å². The maximum atomic E-state index is 12.7. The molecule has 0 bridgehead atoms. The van der Waals surface area contributed by atoms with Crippen LogP contribution in [-0.2, 0) is 14.4 Å². The first-order valence-electron chi connectivity index (χ1n) is 11.5. The molecule has 0 saturated carbocycles. The second kappa shape index (κ2) is 12.5. The summed E-state index contributed by atoms with van der Waals surface area (Å²) in [5.74, 6) is -1.72. The largest absolute Gasteiger partial charge is 0.507 e. The number of benzene rings is 1. The van der Waals surface area contributed by atoms with Gasteiger partial charge in [0.15, 0.2) is 6.61 Å². The average molecular weight is 491 g/mol. The van der Waals surface area contributed by atoms with Crippen LogP contribution < -0.4 is 5.48 Å². The number of piperidine rings is 1. The summed E-state index contributed by atoms with van der Waals surface area (Å²) in [5, 5.41) is 20.4. The van der Waals surface area contributed by atoms with E-state index in [2.05, 4.69) is 5.48 Å². The van der Waals surface area contributed by atoms with Crippen LogP contribution in [0.3, 0.4) is 0 Å². The van der Waals surface area contributed by atoms with Gasteiger partial charge in [0.05, 0.1) is 17.3 Å². The molecule has 0 radical (unpaired) electrons. The lowest BCUT2D eigenvalue weighted by Crippen LogP contribution is -2.39. The molecule has 1 amide bonds. The van der Waals surface area contributed by atoms with E-state index in [0.717, 1.165) is 56.8 Å². The number of amides is 1. The van der Waals surface area contributed by atoms with Gasteiger partial charge < -0.3 is 19.8 Å². The van der Waals surface area contributed by atoms with Gasteiger partial charge in [-0.25, -0.2) is 4.79 Å². The number of phenolic OH excluding ortho intramolecular Hbond substituents is 2. The third-order valence-corrected chi connectivity index (χ3v) is 6.05. The molecule has 2 heterocycles. The van der Waals surface area contributed by atoms with Crippen molar-refractivity contribution in [3.05, 3.63) is 51.7 Å². The van der Waals surface area contributed by atoms with E-state index in [-0.39, 0.29) is 41.0 Å². The second-order valence-corrected chi connectivity index (χ2v) is 8.75. The van der Waals surface area contributed by atoms with Crippen LogP contribution in [0.25, 0.3) is 6.08 Å². The molecule has 184 valence electrons. The number of halogens is 1. The monoisotopic (exact) mass is 490 g/mol. The number of rotatable bonds is 4. The molecule has 9 heteroatoms. The Morgan fingerprint density at radius 1 is 1.15 bits per heavy atom. The van der Waals surface area contributed by atoms with Crippen molar-refractivity contribution in [3.63, 3.8) is 0 Å². The molecule has 3 rings (SSSR count). The predicted octanol–water partition coefficient (Wildman–Crippen LogP) is 4.47. The standard InChI is InChI=1S/C25H31ClN2O6/c1-17-9-5-2-3-8-12-33-25(32)23-19(24(26)21(30)15-20(23)29)14-18(13-17)27-34-16-22(31)28-10-6-4-7-11-28/h2-3,13-15,27,29-30H,4-12,16H2,1H3/b3-2?,17-13+,18-14-. The zero-order chi connectivity index (χ0) is 24.5. The number of hydrogen-bond donors (Lipinski definition) is 3. The van der Waals surface area contributed by atoms with Gasteiger partial charge in [-0.1, -0.05) is 29.3 Å². The van der Waals surface area contributed by atoms with E-state index in [0.29, 0.717) is 12.1 Å². The number of carbonyl (C=O) groups excluding carboxylic acids is 2. The van der Waals surface area contributed by atoms with Crippen molar-refractivity contribution in [1.82, 2.24) is 10.4 Å². The molecule has 1 aromatic rings. The Kier molecular flexibility index (Phi) is 9.42. The van der Waals surface area contributed by atoms with E-state index in [1.165, 1.54) is 6.08 Å². The number of phenols is 2. The number of fused-ring (bicyclic) bond motifs is 1. The van der Waals surface area contributed by atoms with Gasteiger partial charge in [-0.05, 0) is 57.6 Å². The average Bonchev–Trinajstić information content (AvgIpc) is 2.81. The minimum absolute atomic E-state index is 0.0780. The highest BCUT2D eigenvalue weighted by atomic mass is 35.5. The fraction of sp³-hybridized carbons (Fsp3) is 0.440. The van der Waals surface area contributed by atoms with Crippen LogP contribution in [0, 0.1) is 0 Å². The van der Waals surface area contributed by atoms with E-state index >= 15 is 0 Å². The van der Waals surface area contributed by atoms with Crippen molar-refractivity contribution in [2.45, 2.75) is 45.4 Å². The number of hydroxylamine groups is 1. The van der Waals surface area contributed by atoms with Gasteiger partial charge in [0.1, 0.15) is 17.1 Å². The summed E-state index contributed by atoms with van der Waals surface area (Å²) in [7, 11) is 0. The number of ether oxygens (including phenoxy) is 1. The van der Waals surface area contributed by atoms with Crippen LogP contribution >= 0.6 is 11.6 Å². The summed E-state index contributed by atoms with van der Waals surface area (Å²) in [6.45, 7) is 3.37. The lowest BCUT2D eigenvalue weighted by atomic mass is 10.0. The van der Waals surface area contributed by atoms with Crippen LogP contribution in [0.5, 0.6) is 11.5 Å². The van der Waals surface area contributed by atoms with E-state index in [9.17, 15) is 19.8 Å². The Morgan fingerprint density at radius 2 is 1.88 bits per heavy atom. The zero-order valence-corrected chi connectivity index (χ0v) is 20.1. The van der Waals surface area contributed by atoms with E-state index < -0.39 is 11.7 Å². The Bertz CT molecular complexity index is 996. The SMILES string of the molecule is C/C1=C\C(NOCC(=O)N2CCCCC2)=C\c2c(Cl)c(O)cc(O)c2C(=O)OCCC=CCC1. The fourth-order valence-electron chi connectivity index (χ4n) is 3.85. The van der Waals surface area contributed by atoms with Crippen molar-refractivity contribution in [2.75, 3.05) is 26.3 Å². The Balaban J connectivity index is 1.91. The van der Waals surface area contributed by atoms with Crippen molar-refractivity contribution in [3.8, 4) is 11.5 Å². The lowest BCUT2D eigenvalue weighted by molar-refractivity contribution is -0.139. The molecule has 8 nitrogen and oxygen atoms in total. The number of nitrogens with zero attached hydrogens (tertiary/aromatic N) is 1. The van der Waals surface area contributed by atoms with Crippen LogP contribution in [-0.4, -0.2) is 53.3 Å². The molecule has 0 aromatic heterocycles. The summed E-state index contributed by atoms with van der Waals surface area (Å²) in [4.78, 5) is 32.4. The Morgan fingerprint density at radius 3 is 2.65 bits per heavy atom. The molecule has 0 aliphatic carbocycles. The van der Waals surface area contributed by atoms with Crippen LogP contribution in [0.15, 0.2) is 35.6 Å². The maximum absolute atomic E-state index is 12.7. The highest BCUT2D eigenvalue weighted by molar-refractivity contribution is 6.34. The lowest BCUT2D eigenvalue weighted by Gasteiger charge is -2.26. The van der Waals surface area contributed by atoms with Crippen LogP contribution in [0.4, 0.5) is 0 Å². The normalized spacial score (nSPS) is 20.8. The van der Waals surface area contributed by atoms with E-state index in [1.807, 2.05) is 19.1 Å². The van der Waals surface area contributed by atoms with Crippen molar-refractivity contribution >= 4 is 29.6 Å². The van der Waals surface area contributed by atoms with E-state index in [4.69, 9.17) is 21.2 Å². The smallest absolute Gasteiger partial charge is 0.342 e. The highest BCUT2D eigenvalue weighted by Gasteiger charge is 2.23. The third-order valence-electron chi connectivity index (χ3n) is 5.65. The molecule has 0 atom stereocenters. The predicted molar refractivity (Wildman–Crippen MR) is 129 cm³/mol. The van der Waals surface area contributed by atoms with Gasteiger partial charge in [0, 0.05) is 24.7 Å². The first-order valence-corrected chi connectivity index (χ1v) is 11.9. The zero-order valence-electron chi connectivity index (χ0n) is 19.3. The quantitative estimate of drug-likeness (QED) is 0.324. The number of nitrogens with one attached hydrogen (secondary N) is 1. The molecule has 0 unspecified atom stereocenters. The summed E-state index contributed by atoms with van der Waals surface area (Å²) in [6.07, 6.45) is 12.4. The molecule has 1 saturated heterocycles. The molecule has 2 aliphatic rings. The van der Waals surface area contributed by atoms with Gasteiger partial charge in [0.25, 0.3) is 5.91 Å². The number of carbonyl (C=O) groups is 2. The van der Waals surface area contributed by atoms with Gasteiger partial charge in [0.2, 0.25) is 0 Å². The number of aromatic hydroxyl groups is 2. The number of esters is 1. The van der Waals surface area contributed by atoms with Crippen molar-refractivity contribution in [1.29, 1.82) is 0 Å². The van der Waals surface area contributed by atoms with Crippen LogP contribution in [0.2, 0.25) is 5.02 Å². The summed E-state index contributed by atoms with van der Waals surface area (Å²) in [5.41, 5.74) is 4.08. The number of hydrogen-bond acceptors (Lipinski definition) is 7. The van der Waals surface area contributed by atoms with E-state index in [1.54, 1.807) is 11.0 Å². The number of likely N-dealkylation sites (tertiary alicyclic amines) is 1. The summed E-state index contributed by atoms with van der Waals surface area (Å²) < 4.78 is 5.29. The summed E-state index contributed by atoms with van der Waals surface area (Å²) in [6, 6.07) is 1.00. The first kappa shape index (κ1) is 25.6. The van der Waals surface area contributed by atoms with Crippen molar-refractivity contribution in [2.24, 2.45) is 0 Å². The maximum Gasteiger partial charge on any atom is 0.342 e. The molecule has 1 aromatic carbocycles. The molecule has 34 heavy (non-hydrogen) atoms. The second-order valence-electron chi connectivity index (χ2n) is 8.37. The van der Waals surface area contributed by atoms with Gasteiger partial charge >= 0.3 is 5.97 Å². The fourth-order valence-corrected chi connectivity index (χ4v) is 4.05. The minimum atomic E-state index is -0.766. The Labute approximate surface area is 204 Å². The topological polar surface area (TPSA) is 108 Å². The molecule has 1 fully saturated rings. The molecular formula is C25H31ClN2O6. The minimum Gasteiger partial charge on any atom is -0.507 e. The van der Waals surface area contributed by atoms with Gasteiger partial charge in [-0.2, -0.15) is 0 Å².